The number of rotatable bonds is 3. The van der Waals surface area contributed by atoms with E-state index < -0.39 is 5.63 Å². The lowest BCUT2D eigenvalue weighted by Gasteiger charge is -2.02. The zero-order valence-corrected chi connectivity index (χ0v) is 16.8. The van der Waals surface area contributed by atoms with Crippen LogP contribution in [0, 0.1) is 11.3 Å². The van der Waals surface area contributed by atoms with E-state index in [1.807, 2.05) is 12.1 Å². The minimum atomic E-state index is -0.500. The molecule has 0 aliphatic carbocycles. The molecule has 5 nitrogen and oxygen atoms in total. The molecule has 142 valence electrons. The van der Waals surface area contributed by atoms with Crippen LogP contribution >= 0.6 is 34.5 Å². The van der Waals surface area contributed by atoms with E-state index in [1.54, 1.807) is 29.7 Å². The van der Waals surface area contributed by atoms with Crippen LogP contribution in [0.15, 0.2) is 57.1 Å². The minimum absolute atomic E-state index is 0.0784. The highest BCUT2D eigenvalue weighted by molar-refractivity contribution is 7.11. The zero-order chi connectivity index (χ0) is 20.5. The molecule has 29 heavy (non-hydrogen) atoms. The molecule has 2 heterocycles. The third-order valence-corrected chi connectivity index (χ3v) is 5.57. The molecule has 0 amide bonds. The van der Waals surface area contributed by atoms with Crippen LogP contribution in [0.25, 0.3) is 33.9 Å². The van der Waals surface area contributed by atoms with E-state index in [0.717, 1.165) is 5.39 Å². The molecule has 0 atom stereocenters. The molecule has 0 aliphatic rings. The molecule has 2 aromatic carbocycles. The van der Waals surface area contributed by atoms with Crippen molar-refractivity contribution in [1.29, 1.82) is 5.26 Å². The summed E-state index contributed by atoms with van der Waals surface area (Å²) in [5.41, 5.74) is 1.54. The molecule has 8 heteroatoms. The Morgan fingerprint density at radius 3 is 2.66 bits per heavy atom. The molecule has 0 radical (unpaired) electrons. The van der Waals surface area contributed by atoms with Crippen LogP contribution in [0.1, 0.15) is 10.6 Å². The smallest absolute Gasteiger partial charge is 0.345 e. The van der Waals surface area contributed by atoms with Gasteiger partial charge in [0.25, 0.3) is 0 Å². The first-order chi connectivity index (χ1) is 14.0. The number of para-hydroxylation sites is 1. The predicted octanol–water partition coefficient (Wildman–Crippen LogP) is 5.99. The number of halogens is 2. The van der Waals surface area contributed by atoms with Gasteiger partial charge in [-0.1, -0.05) is 41.4 Å². The third-order valence-electron chi connectivity index (χ3n) is 4.12. The maximum Gasteiger partial charge on any atom is 0.345 e. The van der Waals surface area contributed by atoms with Crippen LogP contribution in [0.4, 0.5) is 0 Å². The summed E-state index contributed by atoms with van der Waals surface area (Å²) in [6, 6.07) is 14.0. The number of thiazole rings is 1. The molecule has 0 spiro atoms. The normalized spacial score (nSPS) is 11.6. The number of phenolic OH excluding ortho intramolecular Hbond substituents is 1. The summed E-state index contributed by atoms with van der Waals surface area (Å²) >= 11 is 13.1. The van der Waals surface area contributed by atoms with E-state index >= 15 is 0 Å². The van der Waals surface area contributed by atoms with E-state index in [1.165, 1.54) is 23.5 Å². The lowest BCUT2D eigenvalue weighted by molar-refractivity contribution is 0.476. The summed E-state index contributed by atoms with van der Waals surface area (Å²) < 4.78 is 5.35. The predicted molar refractivity (Wildman–Crippen MR) is 115 cm³/mol. The van der Waals surface area contributed by atoms with E-state index in [4.69, 9.17) is 27.6 Å². The van der Waals surface area contributed by atoms with Gasteiger partial charge >= 0.3 is 5.63 Å². The van der Waals surface area contributed by atoms with Crippen molar-refractivity contribution >= 4 is 57.2 Å². The van der Waals surface area contributed by atoms with Gasteiger partial charge in [-0.2, -0.15) is 5.26 Å². The summed E-state index contributed by atoms with van der Waals surface area (Å²) in [7, 11) is 0. The molecule has 4 rings (SSSR count). The molecular weight excluding hydrogens is 431 g/mol. The Bertz CT molecular complexity index is 1360. The van der Waals surface area contributed by atoms with Crippen LogP contribution in [-0.2, 0) is 0 Å². The van der Waals surface area contributed by atoms with Crippen molar-refractivity contribution in [2.45, 2.75) is 0 Å². The topological polar surface area (TPSA) is 87.1 Å². The summed E-state index contributed by atoms with van der Waals surface area (Å²) in [4.78, 5) is 16.8. The van der Waals surface area contributed by atoms with Crippen molar-refractivity contribution in [2.24, 2.45) is 0 Å². The number of hydrogen-bond acceptors (Lipinski definition) is 6. The Balaban J connectivity index is 1.76. The Labute approximate surface area is 178 Å². The fourth-order valence-corrected chi connectivity index (χ4v) is 4.03. The largest absolute Gasteiger partial charge is 0.505 e. The third kappa shape index (κ3) is 3.76. The fourth-order valence-electron chi connectivity index (χ4n) is 2.74. The van der Waals surface area contributed by atoms with E-state index in [0.29, 0.717) is 27.4 Å². The van der Waals surface area contributed by atoms with Crippen LogP contribution in [-0.4, -0.2) is 10.1 Å². The molecule has 0 aliphatic heterocycles. The van der Waals surface area contributed by atoms with Crippen LogP contribution in [0.3, 0.4) is 0 Å². The number of aromatic hydroxyl groups is 1. The van der Waals surface area contributed by atoms with Gasteiger partial charge in [0.05, 0.1) is 26.9 Å². The first-order valence-electron chi connectivity index (χ1n) is 8.25. The number of allylic oxidation sites excluding steroid dienone is 1. The second-order valence-electron chi connectivity index (χ2n) is 6.03. The van der Waals surface area contributed by atoms with Crippen LogP contribution in [0.2, 0.25) is 10.0 Å². The van der Waals surface area contributed by atoms with Crippen LogP contribution < -0.4 is 5.63 Å². The first-order valence-corrected chi connectivity index (χ1v) is 9.89. The molecule has 2 aromatic heterocycles. The van der Waals surface area contributed by atoms with E-state index in [2.05, 4.69) is 11.1 Å². The van der Waals surface area contributed by atoms with Gasteiger partial charge in [0.15, 0.2) is 5.75 Å². The summed E-state index contributed by atoms with van der Waals surface area (Å²) in [6.45, 7) is 0. The van der Waals surface area contributed by atoms with Crippen molar-refractivity contribution < 1.29 is 9.52 Å². The summed E-state index contributed by atoms with van der Waals surface area (Å²) in [6.07, 6.45) is 1.56. The van der Waals surface area contributed by atoms with Gasteiger partial charge in [-0.15, -0.1) is 11.3 Å². The standard InChI is InChI=1S/C21H10Cl2N2O3S/c22-15-6-11(7-16(23)19(15)26)5-13(9-24)20-25-17(10-29-20)14-8-12-3-1-2-4-18(12)28-21(14)27/h1-8,10,26H. The monoisotopic (exact) mass is 440 g/mol. The lowest BCUT2D eigenvalue weighted by atomic mass is 10.1. The highest BCUT2D eigenvalue weighted by Crippen LogP contribution is 2.34. The Kier molecular flexibility index (Phi) is 5.12. The number of nitrogens with zero attached hydrogens (tertiary/aromatic N) is 2. The highest BCUT2D eigenvalue weighted by Gasteiger charge is 2.14. The first kappa shape index (κ1) is 19.2. The summed E-state index contributed by atoms with van der Waals surface area (Å²) in [5, 5.41) is 22.3. The van der Waals surface area contributed by atoms with Gasteiger partial charge in [0.2, 0.25) is 0 Å². The number of aromatic nitrogens is 1. The summed E-state index contributed by atoms with van der Waals surface area (Å²) in [5.74, 6) is -0.219. The Morgan fingerprint density at radius 2 is 1.93 bits per heavy atom. The zero-order valence-electron chi connectivity index (χ0n) is 14.5. The highest BCUT2D eigenvalue weighted by atomic mass is 35.5. The minimum Gasteiger partial charge on any atom is -0.505 e. The second kappa shape index (κ2) is 7.72. The number of hydrogen-bond donors (Lipinski definition) is 1. The number of nitriles is 1. The molecule has 4 aromatic rings. The Hall–Kier alpha value is -3.11. The molecule has 0 unspecified atom stereocenters. The number of phenols is 1. The number of benzene rings is 2. The Morgan fingerprint density at radius 1 is 1.21 bits per heavy atom. The maximum absolute atomic E-state index is 12.3. The molecule has 0 saturated carbocycles. The fraction of sp³-hybridized carbons (Fsp3) is 0. The van der Waals surface area contributed by atoms with Gasteiger partial charge in [-0.3, -0.25) is 0 Å². The van der Waals surface area contributed by atoms with Gasteiger partial charge in [-0.25, -0.2) is 9.78 Å². The molecule has 0 bridgehead atoms. The van der Waals surface area contributed by atoms with Crippen molar-refractivity contribution in [3.8, 4) is 23.1 Å². The van der Waals surface area contributed by atoms with Crippen molar-refractivity contribution in [1.82, 2.24) is 4.98 Å². The second-order valence-corrected chi connectivity index (χ2v) is 7.70. The van der Waals surface area contributed by atoms with Gasteiger partial charge in [0.1, 0.15) is 16.7 Å². The molecule has 0 saturated heterocycles. The maximum atomic E-state index is 12.3. The molecule has 0 fully saturated rings. The van der Waals surface area contributed by atoms with E-state index in [-0.39, 0.29) is 21.4 Å². The van der Waals surface area contributed by atoms with Crippen molar-refractivity contribution in [3.05, 3.63) is 78.9 Å². The SMILES string of the molecule is N#CC(=Cc1cc(Cl)c(O)c(Cl)c1)c1nc(-c2cc3ccccc3oc2=O)cs1. The number of fused-ring (bicyclic) bond motifs is 1. The quantitative estimate of drug-likeness (QED) is 0.312. The van der Waals surface area contributed by atoms with Crippen LogP contribution in [0.5, 0.6) is 5.75 Å². The molecular formula is C21H10Cl2N2O3S. The van der Waals surface area contributed by atoms with Crippen molar-refractivity contribution in [2.75, 3.05) is 0 Å². The van der Waals surface area contributed by atoms with E-state index in [9.17, 15) is 15.2 Å². The average molecular weight is 441 g/mol. The van der Waals surface area contributed by atoms with Crippen molar-refractivity contribution in [3.63, 3.8) is 0 Å². The molecule has 1 N–H and O–H groups in total. The van der Waals surface area contributed by atoms with Gasteiger partial charge < -0.3 is 9.52 Å². The lowest BCUT2D eigenvalue weighted by Crippen LogP contribution is -2.02. The van der Waals surface area contributed by atoms with Gasteiger partial charge in [-0.05, 0) is 35.9 Å². The van der Waals surface area contributed by atoms with Gasteiger partial charge in [0, 0.05) is 10.8 Å². The average Bonchev–Trinajstić information content (AvgIpc) is 3.19.